The monoisotopic (exact) mass is 433 g/mol. The van der Waals surface area contributed by atoms with Crippen LogP contribution in [0.25, 0.3) is 11.6 Å². The molecule has 0 saturated carbocycles. The van der Waals surface area contributed by atoms with Crippen molar-refractivity contribution in [3.05, 3.63) is 83.2 Å². The molecule has 162 valence electrons. The first kappa shape index (κ1) is 22.4. The molecule has 32 heavy (non-hydrogen) atoms. The van der Waals surface area contributed by atoms with Crippen molar-refractivity contribution in [2.24, 2.45) is 0 Å². The van der Waals surface area contributed by atoms with Gasteiger partial charge in [-0.2, -0.15) is 5.26 Å². The van der Waals surface area contributed by atoms with Gasteiger partial charge in [0.15, 0.2) is 11.5 Å². The number of nitriles is 1. The molecule has 0 radical (unpaired) electrons. The van der Waals surface area contributed by atoms with Crippen LogP contribution in [-0.2, 0) is 0 Å². The Kier molecular flexibility index (Phi) is 7.09. The van der Waals surface area contributed by atoms with Gasteiger partial charge in [0.2, 0.25) is 5.75 Å². The first-order valence-electron chi connectivity index (χ1n) is 9.49. The van der Waals surface area contributed by atoms with Crippen molar-refractivity contribution in [1.29, 1.82) is 5.26 Å². The van der Waals surface area contributed by atoms with Gasteiger partial charge in [-0.3, -0.25) is 0 Å². The number of carbonyl (C=O) groups excluding carboxylic acids is 1. The number of rotatable bonds is 7. The van der Waals surface area contributed by atoms with Crippen LogP contribution in [0.2, 0.25) is 0 Å². The quantitative estimate of drug-likeness (QED) is 0.222. The molecule has 0 aliphatic carbocycles. The third-order valence-electron chi connectivity index (χ3n) is 4.56. The van der Waals surface area contributed by atoms with Crippen molar-refractivity contribution < 1.29 is 28.1 Å². The maximum Gasteiger partial charge on any atom is 0.343 e. The maximum atomic E-state index is 14.1. The molecular formula is C25H20FNO5. The Labute approximate surface area is 185 Å². The fourth-order valence-corrected chi connectivity index (χ4v) is 3.05. The van der Waals surface area contributed by atoms with Crippen molar-refractivity contribution in [2.45, 2.75) is 0 Å². The Morgan fingerprint density at radius 1 is 0.938 bits per heavy atom. The zero-order chi connectivity index (χ0) is 23.1. The number of carbonyl (C=O) groups is 1. The number of methoxy groups -OCH3 is 3. The zero-order valence-electron chi connectivity index (χ0n) is 17.7. The van der Waals surface area contributed by atoms with Crippen LogP contribution >= 0.6 is 0 Å². The summed E-state index contributed by atoms with van der Waals surface area (Å²) in [6.07, 6.45) is 1.52. The molecule has 0 fully saturated rings. The van der Waals surface area contributed by atoms with Gasteiger partial charge in [-0.15, -0.1) is 0 Å². The SMILES string of the molecule is COc1cc(C(=O)Oc2cccc(/C=C(/C#N)c3ccccc3F)c2)cc(OC)c1OC. The van der Waals surface area contributed by atoms with Gasteiger partial charge in [-0.1, -0.05) is 30.3 Å². The summed E-state index contributed by atoms with van der Waals surface area (Å²) in [7, 11) is 4.36. The molecule has 0 unspecified atom stereocenters. The molecule has 0 saturated heterocycles. The van der Waals surface area contributed by atoms with Gasteiger partial charge in [-0.05, 0) is 42.0 Å². The molecule has 6 nitrogen and oxygen atoms in total. The van der Waals surface area contributed by atoms with E-state index in [1.165, 1.54) is 51.7 Å². The third-order valence-corrected chi connectivity index (χ3v) is 4.56. The Morgan fingerprint density at radius 3 is 2.22 bits per heavy atom. The molecule has 3 aromatic rings. The van der Waals surface area contributed by atoms with Crippen LogP contribution in [0, 0.1) is 17.1 Å². The summed E-state index contributed by atoms with van der Waals surface area (Å²) < 4.78 is 35.3. The van der Waals surface area contributed by atoms with E-state index < -0.39 is 11.8 Å². The molecule has 0 amide bonds. The van der Waals surface area contributed by atoms with E-state index in [1.807, 2.05) is 6.07 Å². The van der Waals surface area contributed by atoms with Crippen molar-refractivity contribution in [3.8, 4) is 29.1 Å². The second-order valence-electron chi connectivity index (χ2n) is 6.53. The molecule has 0 aliphatic rings. The standard InChI is InChI=1S/C25H20FNO5/c1-29-22-13-17(14-23(30-2)24(22)31-3)25(28)32-19-8-6-7-16(12-19)11-18(15-27)20-9-4-5-10-21(20)26/h4-14H,1-3H3/b18-11-. The lowest BCUT2D eigenvalue weighted by molar-refractivity contribution is 0.0734. The summed E-state index contributed by atoms with van der Waals surface area (Å²) in [4.78, 5) is 12.7. The lowest BCUT2D eigenvalue weighted by atomic mass is 10.0. The second kappa shape index (κ2) is 10.1. The number of ether oxygens (including phenoxy) is 4. The third kappa shape index (κ3) is 4.87. The van der Waals surface area contributed by atoms with E-state index in [9.17, 15) is 14.4 Å². The number of hydrogen-bond donors (Lipinski definition) is 0. The largest absolute Gasteiger partial charge is 0.493 e. The van der Waals surface area contributed by atoms with Crippen molar-refractivity contribution in [3.63, 3.8) is 0 Å². The minimum Gasteiger partial charge on any atom is -0.493 e. The number of esters is 1. The van der Waals surface area contributed by atoms with Crippen molar-refractivity contribution >= 4 is 17.6 Å². The maximum absolute atomic E-state index is 14.1. The first-order valence-corrected chi connectivity index (χ1v) is 9.49. The van der Waals surface area contributed by atoms with Crippen LogP contribution in [0.1, 0.15) is 21.5 Å². The average molecular weight is 433 g/mol. The van der Waals surface area contributed by atoms with Gasteiger partial charge in [-0.25, -0.2) is 9.18 Å². The van der Waals surface area contributed by atoms with E-state index in [4.69, 9.17) is 18.9 Å². The summed E-state index contributed by atoms with van der Waals surface area (Å²) in [5.74, 6) is 0.113. The van der Waals surface area contributed by atoms with Gasteiger partial charge < -0.3 is 18.9 Å². The van der Waals surface area contributed by atoms with Crippen molar-refractivity contribution in [2.75, 3.05) is 21.3 Å². The summed E-state index contributed by atoms with van der Waals surface area (Å²) in [6.45, 7) is 0. The normalized spacial score (nSPS) is 10.8. The highest BCUT2D eigenvalue weighted by Crippen LogP contribution is 2.38. The Bertz CT molecular complexity index is 1190. The lowest BCUT2D eigenvalue weighted by Crippen LogP contribution is -2.09. The molecule has 0 heterocycles. The highest BCUT2D eigenvalue weighted by Gasteiger charge is 2.18. The first-order chi connectivity index (χ1) is 15.5. The van der Waals surface area contributed by atoms with Gasteiger partial charge in [0.1, 0.15) is 11.6 Å². The predicted octanol–water partition coefficient (Wildman–Crippen LogP) is 5.13. The summed E-state index contributed by atoms with van der Waals surface area (Å²) in [6, 6.07) is 17.6. The number of benzene rings is 3. The topological polar surface area (TPSA) is 77.8 Å². The summed E-state index contributed by atoms with van der Waals surface area (Å²) in [5, 5.41) is 9.47. The highest BCUT2D eigenvalue weighted by molar-refractivity contribution is 5.93. The Hall–Kier alpha value is -4.31. The fraction of sp³-hybridized carbons (Fsp3) is 0.120. The molecule has 3 rings (SSSR count). The van der Waals surface area contributed by atoms with E-state index in [2.05, 4.69) is 0 Å². The van der Waals surface area contributed by atoms with Crippen LogP contribution in [-0.4, -0.2) is 27.3 Å². The van der Waals surface area contributed by atoms with E-state index in [0.717, 1.165) is 0 Å². The molecule has 3 aromatic carbocycles. The van der Waals surface area contributed by atoms with Crippen molar-refractivity contribution in [1.82, 2.24) is 0 Å². The minimum atomic E-state index is -0.639. The van der Waals surface area contributed by atoms with Crippen LogP contribution in [0.15, 0.2) is 60.7 Å². The number of hydrogen-bond acceptors (Lipinski definition) is 6. The lowest BCUT2D eigenvalue weighted by Gasteiger charge is -2.13. The van der Waals surface area contributed by atoms with Gasteiger partial charge in [0.25, 0.3) is 0 Å². The van der Waals surface area contributed by atoms with E-state index in [0.29, 0.717) is 22.8 Å². The van der Waals surface area contributed by atoms with Gasteiger partial charge in [0.05, 0.1) is 38.5 Å². The molecular weight excluding hydrogens is 413 g/mol. The molecule has 0 atom stereocenters. The molecule has 0 aliphatic heterocycles. The number of allylic oxidation sites excluding steroid dienone is 1. The number of halogens is 1. The minimum absolute atomic E-state index is 0.149. The fourth-order valence-electron chi connectivity index (χ4n) is 3.05. The van der Waals surface area contributed by atoms with Crippen LogP contribution in [0.3, 0.4) is 0 Å². The van der Waals surface area contributed by atoms with Gasteiger partial charge in [0, 0.05) is 5.56 Å². The smallest absolute Gasteiger partial charge is 0.343 e. The van der Waals surface area contributed by atoms with E-state index >= 15 is 0 Å². The molecule has 0 N–H and O–H groups in total. The average Bonchev–Trinajstić information content (AvgIpc) is 2.82. The molecule has 0 aromatic heterocycles. The molecule has 0 bridgehead atoms. The molecule has 0 spiro atoms. The van der Waals surface area contributed by atoms with Crippen LogP contribution in [0.5, 0.6) is 23.0 Å². The summed E-state index contributed by atoms with van der Waals surface area (Å²) in [5.41, 5.74) is 1.11. The number of nitrogens with zero attached hydrogens (tertiary/aromatic N) is 1. The Morgan fingerprint density at radius 2 is 1.62 bits per heavy atom. The van der Waals surface area contributed by atoms with E-state index in [1.54, 1.807) is 36.4 Å². The Balaban J connectivity index is 1.89. The second-order valence-corrected chi connectivity index (χ2v) is 6.53. The summed E-state index contributed by atoms with van der Waals surface area (Å²) >= 11 is 0. The van der Waals surface area contributed by atoms with Gasteiger partial charge >= 0.3 is 5.97 Å². The highest BCUT2D eigenvalue weighted by atomic mass is 19.1. The van der Waals surface area contributed by atoms with Crippen LogP contribution in [0.4, 0.5) is 4.39 Å². The zero-order valence-corrected chi connectivity index (χ0v) is 17.7. The van der Waals surface area contributed by atoms with Crippen LogP contribution < -0.4 is 18.9 Å². The van der Waals surface area contributed by atoms with E-state index in [-0.39, 0.29) is 22.4 Å². The molecule has 7 heteroatoms. The predicted molar refractivity (Wildman–Crippen MR) is 117 cm³/mol.